The van der Waals surface area contributed by atoms with Crippen LogP contribution in [-0.4, -0.2) is 0 Å². The largest absolute Gasteiger partial charge is 0.0651 e. The van der Waals surface area contributed by atoms with Crippen LogP contribution in [0.5, 0.6) is 0 Å². The molecule has 0 rings (SSSR count). The van der Waals surface area contributed by atoms with Crippen LogP contribution in [0.3, 0.4) is 0 Å². The first-order valence-corrected chi connectivity index (χ1v) is 6.00. The van der Waals surface area contributed by atoms with Gasteiger partial charge in [-0.1, -0.05) is 75.7 Å². The van der Waals surface area contributed by atoms with E-state index in [0.29, 0.717) is 5.41 Å². The van der Waals surface area contributed by atoms with Crippen molar-refractivity contribution in [3.63, 3.8) is 0 Å². The summed E-state index contributed by atoms with van der Waals surface area (Å²) in [5, 5.41) is 0. The van der Waals surface area contributed by atoms with Crippen LogP contribution in [0, 0.1) is 17.3 Å². The molecule has 0 unspecified atom stereocenters. The summed E-state index contributed by atoms with van der Waals surface area (Å²) in [6, 6.07) is 0. The van der Waals surface area contributed by atoms with E-state index in [9.17, 15) is 0 Å². The van der Waals surface area contributed by atoms with Gasteiger partial charge in [0.25, 0.3) is 0 Å². The van der Waals surface area contributed by atoms with Crippen molar-refractivity contribution in [2.24, 2.45) is 17.3 Å². The van der Waals surface area contributed by atoms with Crippen molar-refractivity contribution in [3.8, 4) is 0 Å². The van der Waals surface area contributed by atoms with Gasteiger partial charge in [-0.05, 0) is 17.3 Å². The average Bonchev–Trinajstić information content (AvgIpc) is 1.82. The molecule has 0 saturated carbocycles. The van der Waals surface area contributed by atoms with Gasteiger partial charge < -0.3 is 0 Å². The second-order valence-corrected chi connectivity index (χ2v) is 6.53. The van der Waals surface area contributed by atoms with Crippen molar-refractivity contribution >= 4 is 0 Å². The minimum absolute atomic E-state index is 0.500. The van der Waals surface area contributed by atoms with Crippen molar-refractivity contribution < 1.29 is 0 Å². The van der Waals surface area contributed by atoms with Crippen molar-refractivity contribution in [2.45, 2.75) is 75.7 Å². The Labute approximate surface area is 93.5 Å². The molecule has 0 spiro atoms. The zero-order valence-electron chi connectivity index (χ0n) is 12.4. The fourth-order valence-corrected chi connectivity index (χ4v) is 0. The lowest BCUT2D eigenvalue weighted by molar-refractivity contribution is 0.469. The maximum Gasteiger partial charge on any atom is -0.0411 e. The maximum atomic E-state index is 2.22. The molecular weight excluding hydrogens is 168 g/mol. The smallest absolute Gasteiger partial charge is 0.0411 e. The Kier molecular flexibility index (Phi) is 15.5. The van der Waals surface area contributed by atoms with E-state index in [-0.39, 0.29) is 0 Å². The molecule has 0 saturated heterocycles. The third-order valence-electron chi connectivity index (χ3n) is 0.816. The minimum Gasteiger partial charge on any atom is -0.0651 e. The van der Waals surface area contributed by atoms with Crippen LogP contribution >= 0.6 is 0 Å². The van der Waals surface area contributed by atoms with Crippen molar-refractivity contribution in [3.05, 3.63) is 0 Å². The molecule has 0 amide bonds. The Hall–Kier alpha value is 0. The average molecular weight is 202 g/mol. The summed E-state index contributed by atoms with van der Waals surface area (Å²) in [6.45, 7) is 21.9. The quantitative estimate of drug-likeness (QED) is 0.506. The first kappa shape index (κ1) is 19.6. The summed E-state index contributed by atoms with van der Waals surface area (Å²) in [4.78, 5) is 0. The van der Waals surface area contributed by atoms with E-state index < -0.39 is 0 Å². The molecule has 0 radical (unpaired) electrons. The molecule has 0 aromatic carbocycles. The Balaban J connectivity index is -0.000000131. The molecule has 0 aromatic rings. The van der Waals surface area contributed by atoms with Crippen LogP contribution < -0.4 is 0 Å². The van der Waals surface area contributed by atoms with E-state index in [1.807, 2.05) is 0 Å². The molecule has 0 atom stereocenters. The molecular formula is C14H34. The van der Waals surface area contributed by atoms with Gasteiger partial charge in [0.05, 0.1) is 0 Å². The highest BCUT2D eigenvalue weighted by atomic mass is 14.0. The number of hydrogen-bond donors (Lipinski definition) is 0. The minimum atomic E-state index is 0.500. The van der Waals surface area contributed by atoms with Gasteiger partial charge in [-0.25, -0.2) is 0 Å². The standard InChI is InChI=1S/2C5H12.C4H10/c1-5(2,3)4;1-4-5(2)3;1-4(2)3/h1-4H3;5H,4H2,1-3H3;4H,1-3H3. The molecule has 0 heteroatoms. The fraction of sp³-hybridized carbons (Fsp3) is 1.00. The summed E-state index contributed by atoms with van der Waals surface area (Å²) < 4.78 is 0. The summed E-state index contributed by atoms with van der Waals surface area (Å²) >= 11 is 0. The zero-order valence-corrected chi connectivity index (χ0v) is 12.4. The van der Waals surface area contributed by atoms with Gasteiger partial charge in [0, 0.05) is 0 Å². The second-order valence-electron chi connectivity index (χ2n) is 6.53. The molecule has 0 nitrogen and oxygen atoms in total. The fourth-order valence-electron chi connectivity index (χ4n) is 0. The van der Waals surface area contributed by atoms with E-state index >= 15 is 0 Å². The predicted octanol–water partition coefficient (Wildman–Crippen LogP) is 5.77. The Morgan fingerprint density at radius 2 is 0.857 bits per heavy atom. The molecule has 0 aromatic heterocycles. The molecule has 0 aliphatic heterocycles. The van der Waals surface area contributed by atoms with Crippen LogP contribution in [0.1, 0.15) is 75.7 Å². The van der Waals surface area contributed by atoms with Crippen molar-refractivity contribution in [1.29, 1.82) is 0 Å². The molecule has 0 aliphatic carbocycles. The van der Waals surface area contributed by atoms with Crippen LogP contribution in [0.25, 0.3) is 0 Å². The lowest BCUT2D eigenvalue weighted by Crippen LogP contribution is -1.93. The second kappa shape index (κ2) is 11.1. The monoisotopic (exact) mass is 202 g/mol. The lowest BCUT2D eigenvalue weighted by atomic mass is 10.0. The van der Waals surface area contributed by atoms with Crippen LogP contribution in [0.15, 0.2) is 0 Å². The lowest BCUT2D eigenvalue weighted by Gasteiger charge is -2.05. The van der Waals surface area contributed by atoms with Gasteiger partial charge in [0.15, 0.2) is 0 Å². The van der Waals surface area contributed by atoms with Gasteiger partial charge in [0.1, 0.15) is 0 Å². The first-order chi connectivity index (χ1) is 6.00. The van der Waals surface area contributed by atoms with E-state index in [1.54, 1.807) is 0 Å². The highest BCUT2D eigenvalue weighted by Gasteiger charge is 1.95. The molecule has 0 aliphatic rings. The van der Waals surface area contributed by atoms with E-state index in [1.165, 1.54) is 6.42 Å². The number of rotatable bonds is 1. The number of hydrogen-bond acceptors (Lipinski definition) is 0. The summed E-state index contributed by atoms with van der Waals surface area (Å²) in [5.41, 5.74) is 0.500. The van der Waals surface area contributed by atoms with E-state index in [0.717, 1.165) is 11.8 Å². The van der Waals surface area contributed by atoms with Crippen LogP contribution in [0.4, 0.5) is 0 Å². The topological polar surface area (TPSA) is 0 Å². The summed E-state index contributed by atoms with van der Waals surface area (Å²) in [6.07, 6.45) is 1.31. The third-order valence-corrected chi connectivity index (χ3v) is 0.816. The molecule has 0 N–H and O–H groups in total. The molecule has 0 fully saturated rings. The van der Waals surface area contributed by atoms with Crippen molar-refractivity contribution in [1.82, 2.24) is 0 Å². The van der Waals surface area contributed by atoms with Crippen LogP contribution in [-0.2, 0) is 0 Å². The van der Waals surface area contributed by atoms with E-state index in [2.05, 4.69) is 69.2 Å². The van der Waals surface area contributed by atoms with Gasteiger partial charge in [-0.15, -0.1) is 0 Å². The summed E-state index contributed by atoms with van der Waals surface area (Å²) in [7, 11) is 0. The molecule has 14 heavy (non-hydrogen) atoms. The molecule has 0 bridgehead atoms. The Morgan fingerprint density at radius 1 is 0.786 bits per heavy atom. The van der Waals surface area contributed by atoms with Crippen LogP contribution in [0.2, 0.25) is 0 Å². The maximum absolute atomic E-state index is 2.22. The first-order valence-electron chi connectivity index (χ1n) is 6.00. The Morgan fingerprint density at radius 3 is 0.857 bits per heavy atom. The SMILES string of the molecule is CC(C)(C)C.CC(C)C.CCC(C)C. The van der Waals surface area contributed by atoms with Crippen molar-refractivity contribution in [2.75, 3.05) is 0 Å². The summed E-state index contributed by atoms with van der Waals surface area (Å²) in [5.74, 6) is 1.72. The van der Waals surface area contributed by atoms with E-state index in [4.69, 9.17) is 0 Å². The Bertz CT molecular complexity index is 73.9. The highest BCUT2D eigenvalue weighted by molar-refractivity contribution is 4.47. The predicted molar refractivity (Wildman–Crippen MR) is 70.8 cm³/mol. The van der Waals surface area contributed by atoms with Gasteiger partial charge in [-0.2, -0.15) is 0 Å². The third kappa shape index (κ3) is 363. The van der Waals surface area contributed by atoms with Gasteiger partial charge in [-0.3, -0.25) is 0 Å². The molecule has 90 valence electrons. The normalized spacial score (nSPS) is 10.3. The molecule has 0 heterocycles. The highest BCUT2D eigenvalue weighted by Crippen LogP contribution is 2.08. The zero-order chi connectivity index (χ0) is 12.4. The van der Waals surface area contributed by atoms with Gasteiger partial charge in [0.2, 0.25) is 0 Å². The van der Waals surface area contributed by atoms with Gasteiger partial charge >= 0.3 is 0 Å².